The number of halogens is 1. The van der Waals surface area contributed by atoms with Crippen LogP contribution < -0.4 is 0 Å². The third-order valence-corrected chi connectivity index (χ3v) is 3.89. The summed E-state index contributed by atoms with van der Waals surface area (Å²) >= 11 is 5.86. The zero-order chi connectivity index (χ0) is 18.2. The lowest BCUT2D eigenvalue weighted by molar-refractivity contribution is -0.141. The number of rotatable bonds is 7. The van der Waals surface area contributed by atoms with Crippen LogP contribution in [0.3, 0.4) is 0 Å². The summed E-state index contributed by atoms with van der Waals surface area (Å²) in [4.78, 5) is 17.0. The van der Waals surface area contributed by atoms with Crippen LogP contribution in [0.1, 0.15) is 24.5 Å². The monoisotopic (exact) mass is 361 g/mol. The second-order valence-electron chi connectivity index (χ2n) is 5.60. The minimum atomic E-state index is -0.323. The molecule has 0 spiro atoms. The number of phenolic OH excluding ortho intramolecular Hbond substituents is 1. The van der Waals surface area contributed by atoms with Crippen LogP contribution in [0.4, 0.5) is 0 Å². The molecular formula is C19H20ClNO4. The van der Waals surface area contributed by atoms with Crippen molar-refractivity contribution in [3.8, 4) is 5.75 Å². The fourth-order valence-electron chi connectivity index (χ4n) is 2.25. The number of aromatic hydroxyl groups is 1. The highest BCUT2D eigenvalue weighted by Gasteiger charge is 2.18. The lowest BCUT2D eigenvalue weighted by Crippen LogP contribution is -2.18. The maximum absolute atomic E-state index is 11.6. The van der Waals surface area contributed by atoms with E-state index in [2.05, 4.69) is 5.16 Å². The van der Waals surface area contributed by atoms with E-state index in [4.69, 9.17) is 21.2 Å². The Morgan fingerprint density at radius 2 is 1.80 bits per heavy atom. The molecule has 1 N–H and O–H groups in total. The summed E-state index contributed by atoms with van der Waals surface area (Å²) in [6, 6.07) is 13.9. The molecule has 6 heteroatoms. The maximum Gasteiger partial charge on any atom is 0.306 e. The van der Waals surface area contributed by atoms with E-state index in [1.807, 2.05) is 19.1 Å². The summed E-state index contributed by atoms with van der Waals surface area (Å²) < 4.78 is 4.72. The molecule has 1 unspecified atom stereocenters. The predicted molar refractivity (Wildman–Crippen MR) is 96.7 cm³/mol. The summed E-state index contributed by atoms with van der Waals surface area (Å²) in [5.41, 5.74) is 2.31. The number of hydrogen-bond donors (Lipinski definition) is 1. The number of phenols is 1. The molecule has 2 aromatic carbocycles. The highest BCUT2D eigenvalue weighted by Crippen LogP contribution is 2.18. The third-order valence-electron chi connectivity index (χ3n) is 3.64. The van der Waals surface area contributed by atoms with E-state index in [0.717, 1.165) is 11.1 Å². The van der Waals surface area contributed by atoms with Crippen molar-refractivity contribution in [3.05, 3.63) is 64.7 Å². The van der Waals surface area contributed by atoms with Gasteiger partial charge in [-0.25, -0.2) is 0 Å². The topological polar surface area (TPSA) is 68.1 Å². The van der Waals surface area contributed by atoms with E-state index in [-0.39, 0.29) is 30.7 Å². The fraction of sp³-hybridized carbons (Fsp3) is 0.263. The lowest BCUT2D eigenvalue weighted by Gasteiger charge is -2.14. The largest absolute Gasteiger partial charge is 0.508 e. The van der Waals surface area contributed by atoms with Crippen LogP contribution in [0.5, 0.6) is 5.75 Å². The van der Waals surface area contributed by atoms with Crippen LogP contribution in [0.15, 0.2) is 53.7 Å². The first-order chi connectivity index (χ1) is 12.0. The van der Waals surface area contributed by atoms with Gasteiger partial charge in [0.05, 0.1) is 19.2 Å². The highest BCUT2D eigenvalue weighted by molar-refractivity contribution is 6.30. The number of benzene rings is 2. The van der Waals surface area contributed by atoms with E-state index in [1.165, 1.54) is 7.11 Å². The number of nitrogens with zero attached hydrogens (tertiary/aromatic N) is 1. The molecule has 0 aliphatic rings. The standard InChI is InChI=1S/C19H20ClNO4/c1-13(11-18(23)24-2)19(15-5-9-17(22)10-6-15)21-25-12-14-3-7-16(20)8-4-14/h3-10,13,22H,11-12H2,1-2H3/b21-19+. The number of esters is 1. The molecule has 0 saturated carbocycles. The predicted octanol–water partition coefficient (Wildman–Crippen LogP) is 4.17. The summed E-state index contributed by atoms with van der Waals surface area (Å²) in [5.74, 6) is -0.371. The minimum absolute atomic E-state index is 0.158. The van der Waals surface area contributed by atoms with Gasteiger partial charge in [0.2, 0.25) is 0 Å². The summed E-state index contributed by atoms with van der Waals surface area (Å²) in [6.45, 7) is 2.15. The first kappa shape index (κ1) is 18.8. The van der Waals surface area contributed by atoms with Gasteiger partial charge >= 0.3 is 5.97 Å². The second-order valence-corrected chi connectivity index (χ2v) is 6.04. The van der Waals surface area contributed by atoms with Crippen LogP contribution in [-0.2, 0) is 21.0 Å². The van der Waals surface area contributed by atoms with Crippen LogP contribution in [0.25, 0.3) is 0 Å². The molecule has 0 heterocycles. The number of ether oxygens (including phenoxy) is 1. The molecular weight excluding hydrogens is 342 g/mol. The summed E-state index contributed by atoms with van der Waals surface area (Å²) in [6.07, 6.45) is 0.181. The van der Waals surface area contributed by atoms with Crippen LogP contribution in [-0.4, -0.2) is 23.9 Å². The van der Waals surface area contributed by atoms with Gasteiger partial charge in [-0.2, -0.15) is 0 Å². The van der Waals surface area contributed by atoms with Crippen LogP contribution >= 0.6 is 11.6 Å². The van der Waals surface area contributed by atoms with E-state index in [0.29, 0.717) is 10.7 Å². The van der Waals surface area contributed by atoms with Gasteiger partial charge in [0.1, 0.15) is 12.4 Å². The molecule has 0 aromatic heterocycles. The lowest BCUT2D eigenvalue weighted by atomic mass is 9.95. The van der Waals surface area contributed by atoms with Gasteiger partial charge < -0.3 is 14.7 Å². The average Bonchev–Trinajstić information content (AvgIpc) is 2.61. The fourth-order valence-corrected chi connectivity index (χ4v) is 2.37. The number of methoxy groups -OCH3 is 1. The second kappa shape index (κ2) is 9.08. The molecule has 0 amide bonds. The molecule has 2 rings (SSSR count). The molecule has 132 valence electrons. The van der Waals surface area contributed by atoms with E-state index in [1.54, 1.807) is 36.4 Å². The van der Waals surface area contributed by atoms with Gasteiger partial charge in [-0.15, -0.1) is 0 Å². The van der Waals surface area contributed by atoms with E-state index in [9.17, 15) is 9.90 Å². The van der Waals surface area contributed by atoms with Crippen molar-refractivity contribution in [1.82, 2.24) is 0 Å². The minimum Gasteiger partial charge on any atom is -0.508 e. The number of carbonyl (C=O) groups excluding carboxylic acids is 1. The molecule has 2 aromatic rings. The van der Waals surface area contributed by atoms with Crippen LogP contribution in [0, 0.1) is 5.92 Å². The molecule has 0 saturated heterocycles. The molecule has 0 radical (unpaired) electrons. The van der Waals surface area contributed by atoms with Gasteiger partial charge in [-0.3, -0.25) is 4.79 Å². The molecule has 0 aliphatic heterocycles. The van der Waals surface area contributed by atoms with E-state index >= 15 is 0 Å². The number of hydrogen-bond acceptors (Lipinski definition) is 5. The Morgan fingerprint density at radius 1 is 1.16 bits per heavy atom. The van der Waals surface area contributed by atoms with Gasteiger partial charge in [0, 0.05) is 10.9 Å². The summed E-state index contributed by atoms with van der Waals surface area (Å²) in [5, 5.41) is 14.3. The first-order valence-electron chi connectivity index (χ1n) is 7.80. The van der Waals surface area contributed by atoms with Crippen molar-refractivity contribution in [1.29, 1.82) is 0 Å². The molecule has 25 heavy (non-hydrogen) atoms. The first-order valence-corrected chi connectivity index (χ1v) is 8.18. The zero-order valence-corrected chi connectivity index (χ0v) is 14.9. The van der Waals surface area contributed by atoms with Gasteiger partial charge in [0.25, 0.3) is 0 Å². The molecule has 1 atom stereocenters. The van der Waals surface area contributed by atoms with Crippen molar-refractivity contribution in [2.24, 2.45) is 11.1 Å². The Bertz CT molecular complexity index is 726. The van der Waals surface area contributed by atoms with Crippen molar-refractivity contribution in [3.63, 3.8) is 0 Å². The normalized spacial score (nSPS) is 12.5. The quantitative estimate of drug-likeness (QED) is 0.456. The molecule has 5 nitrogen and oxygen atoms in total. The number of carbonyl (C=O) groups is 1. The van der Waals surface area contributed by atoms with Crippen molar-refractivity contribution >= 4 is 23.3 Å². The average molecular weight is 362 g/mol. The molecule has 0 bridgehead atoms. The van der Waals surface area contributed by atoms with E-state index < -0.39 is 0 Å². The SMILES string of the molecule is COC(=O)CC(C)/C(=N\OCc1ccc(Cl)cc1)c1ccc(O)cc1. The van der Waals surface area contributed by atoms with Crippen molar-refractivity contribution in [2.45, 2.75) is 20.0 Å². The molecule has 0 aliphatic carbocycles. The van der Waals surface area contributed by atoms with Crippen LogP contribution in [0.2, 0.25) is 5.02 Å². The smallest absolute Gasteiger partial charge is 0.306 e. The third kappa shape index (κ3) is 5.80. The Balaban J connectivity index is 2.15. The summed E-state index contributed by atoms with van der Waals surface area (Å²) in [7, 11) is 1.35. The molecule has 0 fully saturated rings. The Hall–Kier alpha value is -2.53. The van der Waals surface area contributed by atoms with Crippen molar-refractivity contribution in [2.75, 3.05) is 7.11 Å². The Labute approximate surface area is 151 Å². The van der Waals surface area contributed by atoms with Gasteiger partial charge in [0.15, 0.2) is 0 Å². The van der Waals surface area contributed by atoms with Gasteiger partial charge in [-0.05, 0) is 47.5 Å². The zero-order valence-electron chi connectivity index (χ0n) is 14.1. The maximum atomic E-state index is 11.6. The highest BCUT2D eigenvalue weighted by atomic mass is 35.5. The van der Waals surface area contributed by atoms with Gasteiger partial charge in [-0.1, -0.05) is 35.8 Å². The number of oxime groups is 1. The Morgan fingerprint density at radius 3 is 2.40 bits per heavy atom. The van der Waals surface area contributed by atoms with Crippen molar-refractivity contribution < 1.29 is 19.5 Å². The Kier molecular flexibility index (Phi) is 6.83.